The molecule has 0 amide bonds. The minimum absolute atomic E-state index is 0.0772. The lowest BCUT2D eigenvalue weighted by Gasteiger charge is -2.40. The van der Waals surface area contributed by atoms with Gasteiger partial charge in [-0.1, -0.05) is 41.5 Å². The molecule has 3 aromatic rings. The van der Waals surface area contributed by atoms with E-state index < -0.39 is 22.0 Å². The molecular formula is C26H27NO4S. The van der Waals surface area contributed by atoms with Crippen molar-refractivity contribution < 1.29 is 17.9 Å². The molecule has 0 spiro atoms. The number of carbonyl (C=O) groups excluding carboxylic acids is 1. The molecule has 0 aliphatic carbocycles. The van der Waals surface area contributed by atoms with E-state index >= 15 is 0 Å². The van der Waals surface area contributed by atoms with Crippen molar-refractivity contribution in [2.45, 2.75) is 45.1 Å². The highest BCUT2D eigenvalue weighted by molar-refractivity contribution is 7.92. The third-order valence-corrected chi connectivity index (χ3v) is 7.95. The van der Waals surface area contributed by atoms with E-state index in [1.165, 1.54) is 11.4 Å². The molecule has 1 unspecified atom stereocenters. The van der Waals surface area contributed by atoms with Crippen LogP contribution in [0.2, 0.25) is 0 Å². The molecule has 0 saturated carbocycles. The van der Waals surface area contributed by atoms with Crippen LogP contribution in [0.4, 0.5) is 5.69 Å². The van der Waals surface area contributed by atoms with Gasteiger partial charge in [0.1, 0.15) is 0 Å². The van der Waals surface area contributed by atoms with Crippen molar-refractivity contribution in [3.8, 4) is 11.1 Å². The first-order valence-electron chi connectivity index (χ1n) is 10.5. The number of methoxy groups -OCH3 is 1. The highest BCUT2D eigenvalue weighted by Gasteiger charge is 2.41. The first-order chi connectivity index (χ1) is 15.1. The van der Waals surface area contributed by atoms with Crippen LogP contribution in [0.15, 0.2) is 59.5 Å². The molecule has 3 aromatic carbocycles. The number of hydrogen-bond donors (Lipinski definition) is 0. The van der Waals surface area contributed by atoms with Gasteiger partial charge in [0, 0.05) is 5.56 Å². The molecule has 0 bridgehead atoms. The number of anilines is 1. The lowest BCUT2D eigenvalue weighted by molar-refractivity contribution is -0.141. The summed E-state index contributed by atoms with van der Waals surface area (Å²) in [7, 11) is -2.63. The number of nitrogens with zero attached hydrogens (tertiary/aromatic N) is 1. The normalized spacial score (nSPS) is 15.2. The lowest BCUT2D eigenvalue weighted by Crippen LogP contribution is -2.39. The van der Waals surface area contributed by atoms with Gasteiger partial charge in [0.2, 0.25) is 0 Å². The van der Waals surface area contributed by atoms with Gasteiger partial charge in [0.25, 0.3) is 10.0 Å². The van der Waals surface area contributed by atoms with Crippen LogP contribution in [-0.2, 0) is 19.6 Å². The number of fused-ring (bicyclic) bond motifs is 3. The predicted octanol–water partition coefficient (Wildman–Crippen LogP) is 5.40. The van der Waals surface area contributed by atoms with Crippen LogP contribution < -0.4 is 4.31 Å². The summed E-state index contributed by atoms with van der Waals surface area (Å²) in [4.78, 5) is 12.7. The zero-order valence-electron chi connectivity index (χ0n) is 19.0. The van der Waals surface area contributed by atoms with E-state index in [-0.39, 0.29) is 11.3 Å². The summed E-state index contributed by atoms with van der Waals surface area (Å²) >= 11 is 0. The molecule has 0 N–H and O–H groups in total. The Labute approximate surface area is 189 Å². The molecule has 0 saturated heterocycles. The van der Waals surface area contributed by atoms with E-state index in [2.05, 4.69) is 0 Å². The Bertz CT molecular complexity index is 1310. The van der Waals surface area contributed by atoms with Crippen LogP contribution in [0, 0.1) is 27.7 Å². The van der Waals surface area contributed by atoms with Crippen molar-refractivity contribution in [1.29, 1.82) is 0 Å². The zero-order valence-corrected chi connectivity index (χ0v) is 19.8. The van der Waals surface area contributed by atoms with E-state index in [0.29, 0.717) is 5.69 Å². The summed E-state index contributed by atoms with van der Waals surface area (Å²) in [5, 5.41) is 0. The molecule has 0 aromatic heterocycles. The van der Waals surface area contributed by atoms with Gasteiger partial charge in [0.15, 0.2) is 0 Å². The molecular weight excluding hydrogens is 422 g/mol. The number of ether oxygens (including phenoxy) is 1. The van der Waals surface area contributed by atoms with Crippen molar-refractivity contribution >= 4 is 21.7 Å². The topological polar surface area (TPSA) is 63.7 Å². The van der Waals surface area contributed by atoms with E-state index in [1.54, 1.807) is 24.3 Å². The summed E-state index contributed by atoms with van der Waals surface area (Å²) in [6, 6.07) is 15.9. The minimum atomic E-state index is -3.95. The fraction of sp³-hybridized carbons (Fsp3) is 0.269. The SMILES string of the molecule is COC(=O)CC1c2c(C)ccc(C)c2-c2cc(C)ccc2N1S(=O)(=O)c1ccc(C)cc1. The second-order valence-electron chi connectivity index (χ2n) is 8.42. The first kappa shape index (κ1) is 22.1. The van der Waals surface area contributed by atoms with Gasteiger partial charge >= 0.3 is 5.97 Å². The number of sulfonamides is 1. The summed E-state index contributed by atoms with van der Waals surface area (Å²) in [5.41, 5.74) is 7.27. The maximum absolute atomic E-state index is 14.0. The van der Waals surface area contributed by atoms with Crippen molar-refractivity contribution in [3.05, 3.63) is 82.4 Å². The van der Waals surface area contributed by atoms with Crippen LogP contribution in [0.25, 0.3) is 11.1 Å². The molecule has 1 aliphatic rings. The predicted molar refractivity (Wildman–Crippen MR) is 126 cm³/mol. The van der Waals surface area contributed by atoms with Crippen molar-refractivity contribution in [3.63, 3.8) is 0 Å². The third kappa shape index (κ3) is 3.58. The molecule has 5 nitrogen and oxygen atoms in total. The number of esters is 1. The second-order valence-corrected chi connectivity index (χ2v) is 10.2. The van der Waals surface area contributed by atoms with Crippen LogP contribution >= 0.6 is 0 Å². The molecule has 1 aliphatic heterocycles. The Morgan fingerprint density at radius 3 is 2.19 bits per heavy atom. The quantitative estimate of drug-likeness (QED) is 0.500. The number of hydrogen-bond acceptors (Lipinski definition) is 4. The van der Waals surface area contributed by atoms with Gasteiger partial charge < -0.3 is 4.74 Å². The third-order valence-electron chi connectivity index (χ3n) is 6.11. The summed E-state index contributed by atoms with van der Waals surface area (Å²) in [5.74, 6) is -0.457. The molecule has 6 heteroatoms. The molecule has 166 valence electrons. The molecule has 4 rings (SSSR count). The maximum Gasteiger partial charge on any atom is 0.307 e. The summed E-state index contributed by atoms with van der Waals surface area (Å²) in [6.07, 6.45) is -0.0772. The lowest BCUT2D eigenvalue weighted by atomic mass is 9.82. The van der Waals surface area contributed by atoms with Crippen LogP contribution in [0.5, 0.6) is 0 Å². The number of benzene rings is 3. The second kappa shape index (κ2) is 8.10. The van der Waals surface area contributed by atoms with E-state index in [4.69, 9.17) is 4.74 Å². The van der Waals surface area contributed by atoms with E-state index in [9.17, 15) is 13.2 Å². The monoisotopic (exact) mass is 449 g/mol. The van der Waals surface area contributed by atoms with E-state index in [0.717, 1.165) is 38.9 Å². The fourth-order valence-corrected chi connectivity index (χ4v) is 6.13. The zero-order chi connectivity index (χ0) is 23.2. The molecule has 0 radical (unpaired) electrons. The first-order valence-corrected chi connectivity index (χ1v) is 12.0. The Kier molecular flexibility index (Phi) is 5.59. The Hall–Kier alpha value is -3.12. The van der Waals surface area contributed by atoms with Gasteiger partial charge in [-0.3, -0.25) is 9.10 Å². The van der Waals surface area contributed by atoms with Gasteiger partial charge in [-0.25, -0.2) is 8.42 Å². The average Bonchev–Trinajstić information content (AvgIpc) is 2.75. The van der Waals surface area contributed by atoms with Crippen LogP contribution in [0.3, 0.4) is 0 Å². The Morgan fingerprint density at radius 1 is 0.906 bits per heavy atom. The Balaban J connectivity index is 2.06. The minimum Gasteiger partial charge on any atom is -0.469 e. The van der Waals surface area contributed by atoms with Gasteiger partial charge in [-0.15, -0.1) is 0 Å². The molecule has 0 fully saturated rings. The molecule has 32 heavy (non-hydrogen) atoms. The van der Waals surface area contributed by atoms with Crippen molar-refractivity contribution in [2.24, 2.45) is 0 Å². The summed E-state index contributed by atoms with van der Waals surface area (Å²) < 4.78 is 34.4. The molecule has 1 atom stereocenters. The van der Waals surface area contributed by atoms with Crippen molar-refractivity contribution in [1.82, 2.24) is 0 Å². The van der Waals surface area contributed by atoms with Crippen molar-refractivity contribution in [2.75, 3.05) is 11.4 Å². The fourth-order valence-electron chi connectivity index (χ4n) is 4.49. The molecule has 1 heterocycles. The summed E-state index contributed by atoms with van der Waals surface area (Å²) in [6.45, 7) is 7.88. The number of rotatable bonds is 4. The average molecular weight is 450 g/mol. The highest BCUT2D eigenvalue weighted by Crippen LogP contribution is 2.50. The standard InChI is InChI=1S/C26H27NO4S/c1-16-6-11-20(12-7-16)32(29,30)27-22-13-8-17(2)14-21(22)25-18(3)9-10-19(4)26(25)23(27)15-24(28)31-5/h6-14,23H,15H2,1-5H3. The van der Waals surface area contributed by atoms with E-state index in [1.807, 2.05) is 58.0 Å². The Morgan fingerprint density at radius 2 is 1.53 bits per heavy atom. The number of carbonyl (C=O) groups is 1. The largest absolute Gasteiger partial charge is 0.469 e. The van der Waals surface area contributed by atoms with Crippen LogP contribution in [-0.4, -0.2) is 21.5 Å². The van der Waals surface area contributed by atoms with Gasteiger partial charge in [-0.05, 0) is 74.2 Å². The highest BCUT2D eigenvalue weighted by atomic mass is 32.2. The smallest absolute Gasteiger partial charge is 0.307 e. The van der Waals surface area contributed by atoms with Gasteiger partial charge in [0.05, 0.1) is 30.2 Å². The number of aryl methyl sites for hydroxylation is 4. The van der Waals surface area contributed by atoms with Gasteiger partial charge in [-0.2, -0.15) is 0 Å². The van der Waals surface area contributed by atoms with Crippen LogP contribution in [0.1, 0.15) is 40.3 Å². The maximum atomic E-state index is 14.0.